The van der Waals surface area contributed by atoms with E-state index in [4.69, 9.17) is 15.7 Å². The number of hydrogen-bond acceptors (Lipinski definition) is 2. The predicted octanol–water partition coefficient (Wildman–Crippen LogP) is 0.370. The maximum atomic E-state index is 10.4. The zero-order chi connectivity index (χ0) is 9.14. The van der Waals surface area contributed by atoms with Crippen molar-refractivity contribution in [3.63, 3.8) is 0 Å². The number of carbonyl (C=O) groups is 1. The molecule has 1 rings (SSSR count). The first kappa shape index (κ1) is 8.23. The fraction of sp³-hybridized carbons (Fsp3) is 0.143. The van der Waals surface area contributed by atoms with E-state index in [1.807, 2.05) is 0 Å². The topological polar surface area (TPSA) is 93.9 Å². The average Bonchev–Trinajstić information content (AvgIpc) is 2.03. The molecule has 1 unspecified atom stereocenters. The Balaban J connectivity index is 2.98. The van der Waals surface area contributed by atoms with Crippen LogP contribution in [-0.4, -0.2) is 26.7 Å². The van der Waals surface area contributed by atoms with E-state index < -0.39 is 11.9 Å². The Kier molecular flexibility index (Phi) is 2.07. The third kappa shape index (κ3) is 1.41. The summed E-state index contributed by atoms with van der Waals surface area (Å²) in [5.41, 5.74) is 8.40. The van der Waals surface area contributed by atoms with Crippen LogP contribution in [0, 0.1) is 5.92 Å². The zero-order valence-corrected chi connectivity index (χ0v) is 6.01. The van der Waals surface area contributed by atoms with Gasteiger partial charge in [-0.25, -0.2) is 0 Å². The van der Waals surface area contributed by atoms with Crippen LogP contribution in [-0.2, 0) is 4.79 Å². The quantitative estimate of drug-likeness (QED) is 0.435. The highest BCUT2D eigenvalue weighted by Gasteiger charge is 2.24. The Morgan fingerprint density at radius 2 is 2.33 bits per heavy atom. The van der Waals surface area contributed by atoms with Crippen LogP contribution in [0.25, 0.3) is 5.53 Å². The molecule has 0 aromatic heterocycles. The van der Waals surface area contributed by atoms with Crippen molar-refractivity contribution in [1.82, 2.24) is 0 Å². The molecule has 1 aliphatic carbocycles. The summed E-state index contributed by atoms with van der Waals surface area (Å²) in [4.78, 5) is 13.2. The fourth-order valence-electron chi connectivity index (χ4n) is 0.854. The van der Waals surface area contributed by atoms with E-state index in [1.54, 1.807) is 0 Å². The van der Waals surface area contributed by atoms with Crippen molar-refractivity contribution in [2.45, 2.75) is 0 Å². The first-order chi connectivity index (χ1) is 5.65. The maximum absolute atomic E-state index is 10.4. The van der Waals surface area contributed by atoms with Gasteiger partial charge in [-0.3, -0.25) is 4.79 Å². The summed E-state index contributed by atoms with van der Waals surface area (Å²) in [5.74, 6) is -2.51. The predicted molar refractivity (Wildman–Crippen MR) is 39.6 cm³/mol. The number of allylic oxidation sites excluding steroid dienone is 2. The van der Waals surface area contributed by atoms with Crippen molar-refractivity contribution < 1.29 is 19.8 Å². The summed E-state index contributed by atoms with van der Waals surface area (Å²) in [6.07, 6.45) is 3.66. The van der Waals surface area contributed by atoms with Gasteiger partial charge in [0.05, 0.1) is 6.08 Å². The normalized spacial score (nSPS) is 21.5. The molecule has 0 bridgehead atoms. The lowest BCUT2D eigenvalue weighted by Gasteiger charge is -2.07. The first-order valence-corrected chi connectivity index (χ1v) is 3.18. The molecule has 0 saturated carbocycles. The summed E-state index contributed by atoms with van der Waals surface area (Å²) in [6.45, 7) is 0. The minimum absolute atomic E-state index is 0.130. The molecule has 5 nitrogen and oxygen atoms in total. The van der Waals surface area contributed by atoms with Gasteiger partial charge < -0.3 is 15.7 Å². The molecule has 0 saturated heterocycles. The SMILES string of the molecule is [N-]=[N+]=C1C=CC(C(=O)O)C(O)=C1. The van der Waals surface area contributed by atoms with E-state index in [1.165, 1.54) is 12.2 Å². The van der Waals surface area contributed by atoms with E-state index in [0.29, 0.717) is 0 Å². The Morgan fingerprint density at radius 3 is 2.75 bits per heavy atom. The molecular weight excluding hydrogens is 160 g/mol. The summed E-state index contributed by atoms with van der Waals surface area (Å²) < 4.78 is 0. The number of carboxylic acid groups (broad SMARTS) is 1. The minimum atomic E-state index is -1.14. The van der Waals surface area contributed by atoms with Crippen LogP contribution in [0.5, 0.6) is 0 Å². The smallest absolute Gasteiger partial charge is 0.318 e. The van der Waals surface area contributed by atoms with Crippen molar-refractivity contribution in [2.75, 3.05) is 0 Å². The maximum Gasteiger partial charge on any atom is 0.318 e. The van der Waals surface area contributed by atoms with Crippen LogP contribution in [0.15, 0.2) is 24.0 Å². The van der Waals surface area contributed by atoms with Crippen molar-refractivity contribution >= 4 is 11.7 Å². The van der Waals surface area contributed by atoms with Gasteiger partial charge in [-0.1, -0.05) is 6.08 Å². The highest BCUT2D eigenvalue weighted by atomic mass is 16.4. The molecule has 1 aliphatic rings. The molecular formula is C7H6N2O3. The first-order valence-electron chi connectivity index (χ1n) is 3.18. The molecule has 0 fully saturated rings. The second-order valence-corrected chi connectivity index (χ2v) is 2.27. The lowest BCUT2D eigenvalue weighted by molar-refractivity contribution is -0.139. The molecule has 0 aliphatic heterocycles. The zero-order valence-electron chi connectivity index (χ0n) is 6.01. The second-order valence-electron chi connectivity index (χ2n) is 2.27. The number of aliphatic hydroxyl groups is 1. The van der Waals surface area contributed by atoms with Crippen LogP contribution in [0.3, 0.4) is 0 Å². The largest absolute Gasteiger partial charge is 0.511 e. The number of rotatable bonds is 1. The Labute approximate surface area is 67.9 Å². The minimum Gasteiger partial charge on any atom is -0.511 e. The van der Waals surface area contributed by atoms with Crippen LogP contribution >= 0.6 is 0 Å². The number of carboxylic acids is 1. The summed E-state index contributed by atoms with van der Waals surface area (Å²) in [7, 11) is 0. The average molecular weight is 166 g/mol. The summed E-state index contributed by atoms with van der Waals surface area (Å²) >= 11 is 0. The Bertz CT molecular complexity index is 324. The molecule has 2 N–H and O–H groups in total. The molecule has 12 heavy (non-hydrogen) atoms. The Hall–Kier alpha value is -1.87. The molecule has 0 heterocycles. The van der Waals surface area contributed by atoms with Crippen molar-refractivity contribution in [1.29, 1.82) is 0 Å². The molecule has 0 amide bonds. The molecule has 0 spiro atoms. The standard InChI is InChI=1S/C7H6N2O3/c8-9-4-1-2-5(7(11)12)6(10)3-4/h1-3,5,10H,(H,11,12). The molecule has 0 aromatic carbocycles. The number of aliphatic hydroxyl groups excluding tert-OH is 1. The number of hydrogen-bond donors (Lipinski definition) is 2. The van der Waals surface area contributed by atoms with Gasteiger partial charge in [0.1, 0.15) is 11.7 Å². The van der Waals surface area contributed by atoms with Gasteiger partial charge in [0.25, 0.3) is 0 Å². The van der Waals surface area contributed by atoms with Crippen LogP contribution in [0.1, 0.15) is 0 Å². The van der Waals surface area contributed by atoms with E-state index in [2.05, 4.69) is 4.79 Å². The van der Waals surface area contributed by atoms with Crippen molar-refractivity contribution in [3.8, 4) is 0 Å². The third-order valence-corrected chi connectivity index (χ3v) is 1.46. The van der Waals surface area contributed by atoms with E-state index >= 15 is 0 Å². The molecule has 1 atom stereocenters. The summed E-state index contributed by atoms with van der Waals surface area (Å²) in [6, 6.07) is 0. The van der Waals surface area contributed by atoms with Crippen molar-refractivity contribution in [3.05, 3.63) is 29.5 Å². The molecule has 5 heteroatoms. The second kappa shape index (κ2) is 3.02. The highest BCUT2D eigenvalue weighted by Crippen LogP contribution is 2.14. The molecule has 0 aromatic rings. The molecule has 62 valence electrons. The van der Waals surface area contributed by atoms with Gasteiger partial charge in [0, 0.05) is 6.08 Å². The van der Waals surface area contributed by atoms with E-state index in [-0.39, 0.29) is 11.5 Å². The van der Waals surface area contributed by atoms with Gasteiger partial charge in [-0.05, 0) is 0 Å². The van der Waals surface area contributed by atoms with E-state index in [0.717, 1.165) is 6.08 Å². The number of aliphatic carboxylic acids is 1. The fourth-order valence-corrected chi connectivity index (χ4v) is 0.854. The molecule has 0 radical (unpaired) electrons. The van der Waals surface area contributed by atoms with Crippen LogP contribution in [0.4, 0.5) is 0 Å². The lowest BCUT2D eigenvalue weighted by Crippen LogP contribution is -2.17. The lowest BCUT2D eigenvalue weighted by atomic mass is 10.0. The van der Waals surface area contributed by atoms with Crippen molar-refractivity contribution in [2.24, 2.45) is 5.92 Å². The Morgan fingerprint density at radius 1 is 1.67 bits per heavy atom. The van der Waals surface area contributed by atoms with Gasteiger partial charge in [-0.2, -0.15) is 4.79 Å². The third-order valence-electron chi connectivity index (χ3n) is 1.46. The summed E-state index contributed by atoms with van der Waals surface area (Å²) in [5, 5.41) is 17.6. The van der Waals surface area contributed by atoms with E-state index in [9.17, 15) is 4.79 Å². The van der Waals surface area contributed by atoms with Gasteiger partial charge in [0.2, 0.25) is 0 Å². The van der Waals surface area contributed by atoms with Gasteiger partial charge in [-0.15, -0.1) is 0 Å². The number of nitrogens with zero attached hydrogens (tertiary/aromatic N) is 2. The van der Waals surface area contributed by atoms with Crippen LogP contribution in [0.2, 0.25) is 0 Å². The van der Waals surface area contributed by atoms with Gasteiger partial charge in [0.15, 0.2) is 0 Å². The van der Waals surface area contributed by atoms with Gasteiger partial charge >= 0.3 is 11.7 Å². The highest BCUT2D eigenvalue weighted by molar-refractivity contribution is 6.02. The monoisotopic (exact) mass is 166 g/mol. The van der Waals surface area contributed by atoms with Crippen LogP contribution < -0.4 is 0 Å².